The summed E-state index contributed by atoms with van der Waals surface area (Å²) in [7, 11) is 1.64. The lowest BCUT2D eigenvalue weighted by Gasteiger charge is -2.19. The highest BCUT2D eigenvalue weighted by atomic mass is 16.7. The van der Waals surface area contributed by atoms with Crippen LogP contribution in [-0.2, 0) is 18.9 Å². The van der Waals surface area contributed by atoms with Crippen molar-refractivity contribution in [2.24, 2.45) is 0 Å². The lowest BCUT2D eigenvalue weighted by molar-refractivity contribution is -0.148. The minimum atomic E-state index is 0.0134. The van der Waals surface area contributed by atoms with Crippen molar-refractivity contribution in [2.45, 2.75) is 142 Å². The van der Waals surface area contributed by atoms with Crippen LogP contribution in [0.4, 0.5) is 0 Å². The molecule has 0 N–H and O–H groups in total. The number of allylic oxidation sites excluding steroid dienone is 1. The van der Waals surface area contributed by atoms with Gasteiger partial charge in [-0.25, -0.2) is 0 Å². The first-order valence-electron chi connectivity index (χ1n) is 13.8. The lowest BCUT2D eigenvalue weighted by Crippen LogP contribution is -2.19. The quantitative estimate of drug-likeness (QED) is 0.0702. The van der Waals surface area contributed by atoms with Crippen LogP contribution in [0, 0.1) is 0 Å². The number of rotatable bonds is 27. The summed E-state index contributed by atoms with van der Waals surface area (Å²) in [6.45, 7) is 6.58. The van der Waals surface area contributed by atoms with Gasteiger partial charge in [-0.1, -0.05) is 97.3 Å². The molecule has 0 amide bonds. The molecule has 0 heterocycles. The summed E-state index contributed by atoms with van der Waals surface area (Å²) in [5.41, 5.74) is 0. The zero-order valence-electron chi connectivity index (χ0n) is 21.9. The summed E-state index contributed by atoms with van der Waals surface area (Å²) in [6.07, 6.45) is 27.9. The molecule has 0 fully saturated rings. The Hall–Kier alpha value is -0.580. The van der Waals surface area contributed by atoms with Crippen LogP contribution in [0.5, 0.6) is 0 Å². The monoisotopic (exact) mass is 456 g/mol. The van der Waals surface area contributed by atoms with Gasteiger partial charge in [0.15, 0.2) is 13.1 Å². The second-order valence-corrected chi connectivity index (χ2v) is 9.00. The molecule has 0 rings (SSSR count). The van der Waals surface area contributed by atoms with Crippen LogP contribution < -0.4 is 0 Å². The van der Waals surface area contributed by atoms with Gasteiger partial charge >= 0.3 is 0 Å². The summed E-state index contributed by atoms with van der Waals surface area (Å²) < 4.78 is 22.2. The highest BCUT2D eigenvalue weighted by molar-refractivity contribution is 4.72. The van der Waals surface area contributed by atoms with Crippen molar-refractivity contribution < 1.29 is 18.9 Å². The van der Waals surface area contributed by atoms with Gasteiger partial charge in [-0.05, 0) is 44.6 Å². The Kier molecular flexibility index (Phi) is 27.9. The number of unbranched alkanes of at least 4 members (excludes halogenated alkanes) is 15. The van der Waals surface area contributed by atoms with Gasteiger partial charge in [-0.2, -0.15) is 0 Å². The van der Waals surface area contributed by atoms with E-state index in [0.29, 0.717) is 6.79 Å². The molecule has 0 atom stereocenters. The van der Waals surface area contributed by atoms with E-state index < -0.39 is 0 Å². The predicted octanol–water partition coefficient (Wildman–Crippen LogP) is 8.93. The third-order valence-corrected chi connectivity index (χ3v) is 5.79. The zero-order chi connectivity index (χ0) is 23.4. The SMILES string of the molecule is CCCCCCCOC(CCCCCCCCCC=COCOC)OCCCCCCC. The molecule has 0 unspecified atom stereocenters. The summed E-state index contributed by atoms with van der Waals surface area (Å²) in [4.78, 5) is 0. The smallest absolute Gasteiger partial charge is 0.187 e. The molecule has 0 aliphatic carbocycles. The molecule has 4 nitrogen and oxygen atoms in total. The summed E-state index contributed by atoms with van der Waals surface area (Å²) >= 11 is 0. The maximum Gasteiger partial charge on any atom is 0.187 e. The van der Waals surface area contributed by atoms with Crippen LogP contribution >= 0.6 is 0 Å². The molecule has 0 aromatic carbocycles. The average molecular weight is 457 g/mol. The van der Waals surface area contributed by atoms with Gasteiger partial charge in [-0.15, -0.1) is 0 Å². The van der Waals surface area contributed by atoms with Gasteiger partial charge in [0.25, 0.3) is 0 Å². The van der Waals surface area contributed by atoms with Crippen LogP contribution in [-0.4, -0.2) is 33.4 Å². The Labute approximate surface area is 200 Å². The molecule has 4 heteroatoms. The molecule has 0 bridgehead atoms. The maximum absolute atomic E-state index is 6.11. The van der Waals surface area contributed by atoms with E-state index >= 15 is 0 Å². The first-order valence-corrected chi connectivity index (χ1v) is 13.8. The number of hydrogen-bond donors (Lipinski definition) is 0. The third kappa shape index (κ3) is 25.7. The molecule has 0 spiro atoms. The van der Waals surface area contributed by atoms with Crippen molar-refractivity contribution in [1.82, 2.24) is 0 Å². The Morgan fingerprint density at radius 3 is 1.66 bits per heavy atom. The van der Waals surface area contributed by atoms with E-state index in [1.165, 1.54) is 109 Å². The predicted molar refractivity (Wildman–Crippen MR) is 137 cm³/mol. The molecule has 0 saturated carbocycles. The van der Waals surface area contributed by atoms with Crippen LogP contribution in [0.25, 0.3) is 0 Å². The molecule has 0 aliphatic rings. The highest BCUT2D eigenvalue weighted by Gasteiger charge is 2.09. The van der Waals surface area contributed by atoms with E-state index in [2.05, 4.69) is 19.9 Å². The fraction of sp³-hybridized carbons (Fsp3) is 0.929. The fourth-order valence-corrected chi connectivity index (χ4v) is 3.76. The number of hydrogen-bond acceptors (Lipinski definition) is 4. The van der Waals surface area contributed by atoms with Crippen LogP contribution in [0.15, 0.2) is 12.3 Å². The first-order chi connectivity index (χ1) is 15.8. The van der Waals surface area contributed by atoms with Gasteiger partial charge in [0, 0.05) is 20.3 Å². The minimum Gasteiger partial charge on any atom is -0.476 e. The second kappa shape index (κ2) is 28.5. The molecular formula is C28H56O4. The fourth-order valence-electron chi connectivity index (χ4n) is 3.76. The standard InChI is InChI=1S/C28H56O4/c1-4-6-8-16-21-25-31-28(32-26-22-17-9-7-5-2)23-19-15-13-11-10-12-14-18-20-24-30-27-29-3/h20,24,28H,4-19,21-23,25-27H2,1-3H3. The summed E-state index contributed by atoms with van der Waals surface area (Å²) in [6, 6.07) is 0. The van der Waals surface area contributed by atoms with Gasteiger partial charge in [0.05, 0.1) is 6.26 Å². The van der Waals surface area contributed by atoms with Crippen molar-refractivity contribution in [3.63, 3.8) is 0 Å². The number of ether oxygens (including phenoxy) is 4. The minimum absolute atomic E-state index is 0.0134. The van der Waals surface area contributed by atoms with E-state index in [-0.39, 0.29) is 6.29 Å². The average Bonchev–Trinajstić information content (AvgIpc) is 2.80. The molecule has 192 valence electrons. The van der Waals surface area contributed by atoms with Crippen molar-refractivity contribution in [1.29, 1.82) is 0 Å². The summed E-state index contributed by atoms with van der Waals surface area (Å²) in [5.74, 6) is 0. The van der Waals surface area contributed by atoms with E-state index in [1.54, 1.807) is 13.4 Å². The molecule has 32 heavy (non-hydrogen) atoms. The highest BCUT2D eigenvalue weighted by Crippen LogP contribution is 2.14. The van der Waals surface area contributed by atoms with Crippen molar-refractivity contribution in [3.8, 4) is 0 Å². The van der Waals surface area contributed by atoms with Crippen molar-refractivity contribution in [3.05, 3.63) is 12.3 Å². The molecule has 0 aliphatic heterocycles. The largest absolute Gasteiger partial charge is 0.476 e. The number of methoxy groups -OCH3 is 1. The molecular weight excluding hydrogens is 400 g/mol. The molecule has 0 aromatic heterocycles. The van der Waals surface area contributed by atoms with E-state index in [0.717, 1.165) is 26.1 Å². The van der Waals surface area contributed by atoms with Gasteiger partial charge in [-0.3, -0.25) is 0 Å². The van der Waals surface area contributed by atoms with E-state index in [4.69, 9.17) is 18.9 Å². The first kappa shape index (κ1) is 31.4. The van der Waals surface area contributed by atoms with E-state index in [1.807, 2.05) is 0 Å². The van der Waals surface area contributed by atoms with Crippen LogP contribution in [0.2, 0.25) is 0 Å². The lowest BCUT2D eigenvalue weighted by atomic mass is 10.1. The molecule has 0 saturated heterocycles. The topological polar surface area (TPSA) is 36.9 Å². The Bertz CT molecular complexity index is 343. The van der Waals surface area contributed by atoms with E-state index in [9.17, 15) is 0 Å². The Balaban J connectivity index is 3.74. The van der Waals surface area contributed by atoms with Gasteiger partial charge in [0.1, 0.15) is 0 Å². The molecule has 0 radical (unpaired) electrons. The Morgan fingerprint density at radius 2 is 1.09 bits per heavy atom. The van der Waals surface area contributed by atoms with Crippen molar-refractivity contribution in [2.75, 3.05) is 27.1 Å². The van der Waals surface area contributed by atoms with Crippen LogP contribution in [0.3, 0.4) is 0 Å². The normalized spacial score (nSPS) is 11.8. The molecule has 0 aromatic rings. The Morgan fingerprint density at radius 1 is 0.594 bits per heavy atom. The van der Waals surface area contributed by atoms with Gasteiger partial charge < -0.3 is 18.9 Å². The van der Waals surface area contributed by atoms with Gasteiger partial charge in [0.2, 0.25) is 0 Å². The van der Waals surface area contributed by atoms with Crippen LogP contribution in [0.1, 0.15) is 136 Å². The maximum atomic E-state index is 6.11. The second-order valence-electron chi connectivity index (χ2n) is 9.00. The summed E-state index contributed by atoms with van der Waals surface area (Å²) in [5, 5.41) is 0. The third-order valence-electron chi connectivity index (χ3n) is 5.79. The van der Waals surface area contributed by atoms with Crippen molar-refractivity contribution >= 4 is 0 Å². The zero-order valence-corrected chi connectivity index (χ0v) is 21.9.